The number of hydrogen-bond donors (Lipinski definition) is 1. The third-order valence-corrected chi connectivity index (χ3v) is 2.92. The van der Waals surface area contributed by atoms with E-state index >= 15 is 0 Å². The van der Waals surface area contributed by atoms with Crippen LogP contribution in [0.2, 0.25) is 0 Å². The van der Waals surface area contributed by atoms with Gasteiger partial charge < -0.3 is 10.1 Å². The third-order valence-electron chi connectivity index (χ3n) is 2.92. The summed E-state index contributed by atoms with van der Waals surface area (Å²) < 4.78 is 30.2. The minimum absolute atomic E-state index is 0.270. The standard InChI is InChI=1S/C13H18F2N4O/c1-9-11-5-10(7-17-13(11)19(2)18-9)6-16-3-4-20-8-12(14)15/h5,7,12,16H,3-4,6,8H2,1-2H3. The molecule has 2 heterocycles. The van der Waals surface area contributed by atoms with E-state index in [0.717, 1.165) is 22.3 Å². The lowest BCUT2D eigenvalue weighted by atomic mass is 10.2. The van der Waals surface area contributed by atoms with Crippen molar-refractivity contribution in [1.29, 1.82) is 0 Å². The van der Waals surface area contributed by atoms with Crippen LogP contribution in [0.3, 0.4) is 0 Å². The van der Waals surface area contributed by atoms with Crippen LogP contribution in [-0.4, -0.2) is 40.9 Å². The van der Waals surface area contributed by atoms with Crippen LogP contribution in [0.4, 0.5) is 8.78 Å². The van der Waals surface area contributed by atoms with Gasteiger partial charge in [-0.3, -0.25) is 4.68 Å². The first-order valence-corrected chi connectivity index (χ1v) is 6.42. The molecule has 7 heteroatoms. The second kappa shape index (κ2) is 6.71. The summed E-state index contributed by atoms with van der Waals surface area (Å²) in [5, 5.41) is 8.47. The second-order valence-electron chi connectivity index (χ2n) is 4.57. The van der Waals surface area contributed by atoms with Crippen molar-refractivity contribution in [3.05, 3.63) is 23.5 Å². The van der Waals surface area contributed by atoms with Crippen LogP contribution in [0.15, 0.2) is 12.3 Å². The molecular weight excluding hydrogens is 266 g/mol. The van der Waals surface area contributed by atoms with E-state index in [1.807, 2.05) is 20.0 Å². The minimum atomic E-state index is -2.41. The SMILES string of the molecule is Cc1nn(C)c2ncc(CNCCOCC(F)F)cc12. The van der Waals surface area contributed by atoms with Gasteiger partial charge in [0.25, 0.3) is 6.43 Å². The lowest BCUT2D eigenvalue weighted by Gasteiger charge is -2.06. The second-order valence-corrected chi connectivity index (χ2v) is 4.57. The summed E-state index contributed by atoms with van der Waals surface area (Å²) in [7, 11) is 1.86. The van der Waals surface area contributed by atoms with E-state index in [1.54, 1.807) is 10.9 Å². The topological polar surface area (TPSA) is 52.0 Å². The molecule has 1 N–H and O–H groups in total. The summed E-state index contributed by atoms with van der Waals surface area (Å²) in [6.45, 7) is 2.85. The van der Waals surface area contributed by atoms with Crippen LogP contribution < -0.4 is 5.32 Å². The third kappa shape index (κ3) is 3.71. The number of aryl methyl sites for hydroxylation is 2. The maximum absolute atomic E-state index is 11.8. The minimum Gasteiger partial charge on any atom is -0.374 e. The molecule has 2 aromatic rings. The van der Waals surface area contributed by atoms with Gasteiger partial charge in [0.2, 0.25) is 0 Å². The molecule has 5 nitrogen and oxygen atoms in total. The zero-order valence-electron chi connectivity index (χ0n) is 11.6. The molecular formula is C13H18F2N4O. The lowest BCUT2D eigenvalue weighted by molar-refractivity contribution is 0.0187. The first-order chi connectivity index (χ1) is 9.58. The molecule has 0 spiro atoms. The largest absolute Gasteiger partial charge is 0.374 e. The zero-order valence-corrected chi connectivity index (χ0v) is 11.6. The van der Waals surface area contributed by atoms with Crippen LogP contribution in [0.1, 0.15) is 11.3 Å². The highest BCUT2D eigenvalue weighted by Crippen LogP contribution is 2.16. The molecule has 0 saturated carbocycles. The fourth-order valence-corrected chi connectivity index (χ4v) is 2.00. The maximum atomic E-state index is 11.8. The first kappa shape index (κ1) is 14.8. The quantitative estimate of drug-likeness (QED) is 0.785. The molecule has 2 aromatic heterocycles. The van der Waals surface area contributed by atoms with Gasteiger partial charge in [-0.1, -0.05) is 0 Å². The lowest BCUT2D eigenvalue weighted by Crippen LogP contribution is -2.20. The maximum Gasteiger partial charge on any atom is 0.261 e. The van der Waals surface area contributed by atoms with Gasteiger partial charge in [-0.15, -0.1) is 0 Å². The number of alkyl halides is 2. The van der Waals surface area contributed by atoms with Gasteiger partial charge in [0.15, 0.2) is 5.65 Å². The summed E-state index contributed by atoms with van der Waals surface area (Å²) in [6, 6.07) is 2.04. The monoisotopic (exact) mass is 284 g/mol. The molecule has 0 bridgehead atoms. The Labute approximate surface area is 115 Å². The molecule has 0 radical (unpaired) electrons. The van der Waals surface area contributed by atoms with E-state index in [4.69, 9.17) is 4.74 Å². The molecule has 0 aromatic carbocycles. The van der Waals surface area contributed by atoms with Gasteiger partial charge in [-0.2, -0.15) is 5.10 Å². The van der Waals surface area contributed by atoms with Crippen molar-refractivity contribution < 1.29 is 13.5 Å². The number of rotatable bonds is 7. The molecule has 0 aliphatic carbocycles. The predicted octanol–water partition coefficient (Wildman–Crippen LogP) is 1.65. The highest BCUT2D eigenvalue weighted by molar-refractivity contribution is 5.78. The molecule has 2 rings (SSSR count). The molecule has 0 amide bonds. The number of nitrogens with one attached hydrogen (secondary N) is 1. The Morgan fingerprint density at radius 1 is 1.45 bits per heavy atom. The summed E-state index contributed by atoms with van der Waals surface area (Å²) in [5.41, 5.74) is 2.83. The molecule has 0 fully saturated rings. The Hall–Kier alpha value is -1.60. The number of pyridine rings is 1. The van der Waals surface area contributed by atoms with Gasteiger partial charge in [0.1, 0.15) is 6.61 Å². The molecule has 0 unspecified atom stereocenters. The molecule has 0 atom stereocenters. The summed E-state index contributed by atoms with van der Waals surface area (Å²) >= 11 is 0. The number of nitrogens with zero attached hydrogens (tertiary/aromatic N) is 3. The molecule has 0 saturated heterocycles. The average molecular weight is 284 g/mol. The van der Waals surface area contributed by atoms with Crippen LogP contribution in [0.5, 0.6) is 0 Å². The number of aromatic nitrogens is 3. The van der Waals surface area contributed by atoms with Crippen molar-refractivity contribution in [1.82, 2.24) is 20.1 Å². The van der Waals surface area contributed by atoms with Crippen molar-refractivity contribution in [2.24, 2.45) is 7.05 Å². The van der Waals surface area contributed by atoms with Crippen molar-refractivity contribution in [3.63, 3.8) is 0 Å². The molecule has 20 heavy (non-hydrogen) atoms. The fraction of sp³-hybridized carbons (Fsp3) is 0.538. The molecule has 0 aliphatic heterocycles. The highest BCUT2D eigenvalue weighted by Gasteiger charge is 2.06. The van der Waals surface area contributed by atoms with E-state index in [2.05, 4.69) is 15.4 Å². The number of fused-ring (bicyclic) bond motifs is 1. The Kier molecular flexibility index (Phi) is 4.97. The highest BCUT2D eigenvalue weighted by atomic mass is 19.3. The average Bonchev–Trinajstić information content (AvgIpc) is 2.69. The Morgan fingerprint density at radius 3 is 3.00 bits per heavy atom. The van der Waals surface area contributed by atoms with Crippen molar-refractivity contribution >= 4 is 11.0 Å². The van der Waals surface area contributed by atoms with E-state index < -0.39 is 13.0 Å². The molecule has 0 aliphatic rings. The van der Waals surface area contributed by atoms with Gasteiger partial charge in [0.05, 0.1) is 12.3 Å². The smallest absolute Gasteiger partial charge is 0.261 e. The van der Waals surface area contributed by atoms with E-state index in [-0.39, 0.29) is 6.61 Å². The van der Waals surface area contributed by atoms with E-state index in [0.29, 0.717) is 13.1 Å². The molecule has 110 valence electrons. The van der Waals surface area contributed by atoms with Crippen molar-refractivity contribution in [3.8, 4) is 0 Å². The van der Waals surface area contributed by atoms with Gasteiger partial charge >= 0.3 is 0 Å². The van der Waals surface area contributed by atoms with Gasteiger partial charge in [-0.25, -0.2) is 13.8 Å². The summed E-state index contributed by atoms with van der Waals surface area (Å²) in [6.07, 6.45) is -0.619. The van der Waals surface area contributed by atoms with Crippen LogP contribution in [0.25, 0.3) is 11.0 Å². The van der Waals surface area contributed by atoms with E-state index in [1.165, 1.54) is 0 Å². The van der Waals surface area contributed by atoms with Crippen LogP contribution >= 0.6 is 0 Å². The predicted molar refractivity (Wildman–Crippen MR) is 71.8 cm³/mol. The summed E-state index contributed by atoms with van der Waals surface area (Å²) in [4.78, 5) is 4.37. The van der Waals surface area contributed by atoms with Crippen molar-refractivity contribution in [2.45, 2.75) is 19.9 Å². The van der Waals surface area contributed by atoms with Crippen LogP contribution in [-0.2, 0) is 18.3 Å². The van der Waals surface area contributed by atoms with Gasteiger partial charge in [0, 0.05) is 31.7 Å². The number of ether oxygens (including phenoxy) is 1. The Bertz CT molecular complexity index is 571. The van der Waals surface area contributed by atoms with E-state index in [9.17, 15) is 8.78 Å². The fourth-order valence-electron chi connectivity index (χ4n) is 2.00. The van der Waals surface area contributed by atoms with Crippen molar-refractivity contribution in [2.75, 3.05) is 19.8 Å². The first-order valence-electron chi connectivity index (χ1n) is 6.42. The zero-order chi connectivity index (χ0) is 14.5. The number of halogens is 2. The van der Waals surface area contributed by atoms with Gasteiger partial charge in [-0.05, 0) is 18.6 Å². The Balaban J connectivity index is 1.83. The number of hydrogen-bond acceptors (Lipinski definition) is 4. The summed E-state index contributed by atoms with van der Waals surface area (Å²) in [5.74, 6) is 0. The normalized spacial score (nSPS) is 11.7. The van der Waals surface area contributed by atoms with Crippen LogP contribution in [0, 0.1) is 6.92 Å². The Morgan fingerprint density at radius 2 is 2.25 bits per heavy atom.